The Hall–Kier alpha value is -1.45. The van der Waals surface area contributed by atoms with E-state index in [4.69, 9.17) is 0 Å². The number of rotatable bonds is 4. The third kappa shape index (κ3) is 2.84. The van der Waals surface area contributed by atoms with Gasteiger partial charge in [-0.1, -0.05) is 37.3 Å². The van der Waals surface area contributed by atoms with Gasteiger partial charge in [-0.15, -0.1) is 11.3 Å². The van der Waals surface area contributed by atoms with Crippen molar-refractivity contribution < 1.29 is 4.79 Å². The van der Waals surface area contributed by atoms with E-state index >= 15 is 0 Å². The highest BCUT2D eigenvalue weighted by atomic mass is 32.1. The molecule has 1 aromatic carbocycles. The van der Waals surface area contributed by atoms with Crippen molar-refractivity contribution in [2.75, 3.05) is 13.1 Å². The number of hydrogen-bond donors (Lipinski definition) is 0. The van der Waals surface area contributed by atoms with Crippen LogP contribution in [0.4, 0.5) is 0 Å². The van der Waals surface area contributed by atoms with Crippen LogP contribution in [0.2, 0.25) is 0 Å². The Labute approximate surface area is 124 Å². The minimum Gasteiger partial charge on any atom is -0.298 e. The largest absolute Gasteiger partial charge is 0.298 e. The van der Waals surface area contributed by atoms with E-state index in [9.17, 15) is 4.79 Å². The molecule has 2 heterocycles. The second-order valence-electron chi connectivity index (χ2n) is 5.49. The van der Waals surface area contributed by atoms with E-state index in [0.717, 1.165) is 31.6 Å². The fraction of sp³-hybridized carbons (Fsp3) is 0.353. The highest BCUT2D eigenvalue weighted by Gasteiger charge is 2.22. The Kier molecular flexibility index (Phi) is 3.99. The van der Waals surface area contributed by atoms with Gasteiger partial charge in [0.05, 0.1) is 0 Å². The maximum Gasteiger partial charge on any atom is 0.166 e. The molecule has 20 heavy (non-hydrogen) atoms. The Morgan fingerprint density at radius 3 is 2.90 bits per heavy atom. The summed E-state index contributed by atoms with van der Waals surface area (Å²) < 4.78 is 0. The lowest BCUT2D eigenvalue weighted by atomic mass is 9.98. The Morgan fingerprint density at radius 2 is 2.10 bits per heavy atom. The smallest absolute Gasteiger partial charge is 0.166 e. The normalized spacial score (nSPS) is 16.6. The maximum atomic E-state index is 12.4. The average Bonchev–Trinajstić information content (AvgIpc) is 2.95. The first-order valence-corrected chi connectivity index (χ1v) is 7.99. The highest BCUT2D eigenvalue weighted by Crippen LogP contribution is 2.24. The quantitative estimate of drug-likeness (QED) is 0.800. The fourth-order valence-corrected chi connectivity index (χ4v) is 3.71. The van der Waals surface area contributed by atoms with Gasteiger partial charge in [0.25, 0.3) is 0 Å². The molecular formula is C17H19NOS. The van der Waals surface area contributed by atoms with Gasteiger partial charge in [-0.25, -0.2) is 0 Å². The summed E-state index contributed by atoms with van der Waals surface area (Å²) in [4.78, 5) is 16.3. The standard InChI is InChI=1S/C17H19NOS/c1-13(17(19)14-5-3-2-4-6-14)11-18-9-7-16-15(12-18)8-10-20-16/h2-6,8,10,13H,7,9,11-12H2,1H3. The zero-order valence-corrected chi connectivity index (χ0v) is 12.5. The lowest BCUT2D eigenvalue weighted by Gasteiger charge is -2.28. The van der Waals surface area contributed by atoms with Crippen LogP contribution in [0.25, 0.3) is 0 Å². The summed E-state index contributed by atoms with van der Waals surface area (Å²) in [6, 6.07) is 11.8. The van der Waals surface area contributed by atoms with E-state index in [1.54, 1.807) is 0 Å². The van der Waals surface area contributed by atoms with Crippen molar-refractivity contribution >= 4 is 17.1 Å². The van der Waals surface area contributed by atoms with Gasteiger partial charge >= 0.3 is 0 Å². The molecule has 2 aromatic rings. The predicted molar refractivity (Wildman–Crippen MR) is 83.2 cm³/mol. The van der Waals surface area contributed by atoms with Gasteiger partial charge in [-0.3, -0.25) is 9.69 Å². The van der Waals surface area contributed by atoms with Crippen LogP contribution in [0.5, 0.6) is 0 Å². The molecule has 0 saturated carbocycles. The SMILES string of the molecule is CC(CN1CCc2sccc2C1)C(=O)c1ccccc1. The van der Waals surface area contributed by atoms with Crippen LogP contribution < -0.4 is 0 Å². The van der Waals surface area contributed by atoms with Crippen LogP contribution in [-0.2, 0) is 13.0 Å². The molecule has 1 aliphatic rings. The van der Waals surface area contributed by atoms with Gasteiger partial charge in [0, 0.05) is 36.0 Å². The lowest BCUT2D eigenvalue weighted by molar-refractivity contribution is 0.0887. The van der Waals surface area contributed by atoms with Crippen LogP contribution in [-0.4, -0.2) is 23.8 Å². The Bertz CT molecular complexity index is 590. The number of hydrogen-bond acceptors (Lipinski definition) is 3. The number of Topliss-reactive ketones (excluding diaryl/α,β-unsaturated/α-hetero) is 1. The molecular weight excluding hydrogens is 266 g/mol. The second kappa shape index (κ2) is 5.90. The maximum absolute atomic E-state index is 12.4. The highest BCUT2D eigenvalue weighted by molar-refractivity contribution is 7.10. The summed E-state index contributed by atoms with van der Waals surface area (Å²) in [6.45, 7) is 4.95. The van der Waals surface area contributed by atoms with Gasteiger partial charge in [0.15, 0.2) is 5.78 Å². The number of ketones is 1. The minimum atomic E-state index is 0.0533. The number of carbonyl (C=O) groups is 1. The van der Waals surface area contributed by atoms with E-state index in [1.807, 2.05) is 48.6 Å². The third-order valence-corrected chi connectivity index (χ3v) is 4.95. The van der Waals surface area contributed by atoms with E-state index < -0.39 is 0 Å². The molecule has 3 heteroatoms. The fourth-order valence-electron chi connectivity index (χ4n) is 2.82. The summed E-state index contributed by atoms with van der Waals surface area (Å²) >= 11 is 1.86. The molecule has 0 spiro atoms. The lowest BCUT2D eigenvalue weighted by Crippen LogP contribution is -2.35. The number of carbonyl (C=O) groups excluding carboxylic acids is 1. The van der Waals surface area contributed by atoms with Gasteiger partial charge in [0.1, 0.15) is 0 Å². The molecule has 1 aromatic heterocycles. The molecule has 1 aliphatic heterocycles. The van der Waals surface area contributed by atoms with Crippen LogP contribution in [0.3, 0.4) is 0 Å². The molecule has 0 N–H and O–H groups in total. The van der Waals surface area contributed by atoms with E-state index in [0.29, 0.717) is 0 Å². The molecule has 3 rings (SSSR count). The van der Waals surface area contributed by atoms with Gasteiger partial charge in [0.2, 0.25) is 0 Å². The Morgan fingerprint density at radius 1 is 1.30 bits per heavy atom. The monoisotopic (exact) mass is 285 g/mol. The van der Waals surface area contributed by atoms with Crippen molar-refractivity contribution in [2.24, 2.45) is 5.92 Å². The summed E-state index contributed by atoms with van der Waals surface area (Å²) in [5, 5.41) is 2.17. The summed E-state index contributed by atoms with van der Waals surface area (Å²) in [5.74, 6) is 0.305. The molecule has 2 nitrogen and oxygen atoms in total. The summed E-state index contributed by atoms with van der Waals surface area (Å²) in [5.41, 5.74) is 2.27. The molecule has 104 valence electrons. The van der Waals surface area contributed by atoms with Crippen LogP contribution in [0.1, 0.15) is 27.7 Å². The number of thiophene rings is 1. The zero-order chi connectivity index (χ0) is 13.9. The third-order valence-electron chi connectivity index (χ3n) is 3.92. The molecule has 1 atom stereocenters. The van der Waals surface area contributed by atoms with E-state index in [-0.39, 0.29) is 11.7 Å². The topological polar surface area (TPSA) is 20.3 Å². The van der Waals surface area contributed by atoms with Crippen molar-refractivity contribution in [3.8, 4) is 0 Å². The first-order chi connectivity index (χ1) is 9.74. The number of nitrogens with zero attached hydrogens (tertiary/aromatic N) is 1. The van der Waals surface area contributed by atoms with Crippen molar-refractivity contribution in [3.05, 3.63) is 57.8 Å². The van der Waals surface area contributed by atoms with Crippen molar-refractivity contribution in [1.29, 1.82) is 0 Å². The average molecular weight is 285 g/mol. The van der Waals surface area contributed by atoms with Crippen molar-refractivity contribution in [1.82, 2.24) is 4.90 Å². The number of fused-ring (bicyclic) bond motifs is 1. The van der Waals surface area contributed by atoms with Crippen LogP contribution >= 0.6 is 11.3 Å². The van der Waals surface area contributed by atoms with Crippen LogP contribution in [0.15, 0.2) is 41.8 Å². The van der Waals surface area contributed by atoms with Crippen LogP contribution in [0, 0.1) is 5.92 Å². The van der Waals surface area contributed by atoms with Gasteiger partial charge < -0.3 is 0 Å². The number of benzene rings is 1. The van der Waals surface area contributed by atoms with Crippen molar-refractivity contribution in [2.45, 2.75) is 19.9 Å². The zero-order valence-electron chi connectivity index (χ0n) is 11.7. The molecule has 0 radical (unpaired) electrons. The first kappa shape index (κ1) is 13.5. The van der Waals surface area contributed by atoms with Crippen molar-refractivity contribution in [3.63, 3.8) is 0 Å². The molecule has 0 bridgehead atoms. The van der Waals surface area contributed by atoms with E-state index in [2.05, 4.69) is 16.3 Å². The van der Waals surface area contributed by atoms with Gasteiger partial charge in [-0.05, 0) is 23.4 Å². The molecule has 0 saturated heterocycles. The summed E-state index contributed by atoms with van der Waals surface area (Å²) in [6.07, 6.45) is 1.12. The molecule has 1 unspecified atom stereocenters. The second-order valence-corrected chi connectivity index (χ2v) is 6.49. The van der Waals surface area contributed by atoms with Gasteiger partial charge in [-0.2, -0.15) is 0 Å². The summed E-state index contributed by atoms with van der Waals surface area (Å²) in [7, 11) is 0. The first-order valence-electron chi connectivity index (χ1n) is 7.11. The molecule has 0 fully saturated rings. The predicted octanol–water partition coefficient (Wildman–Crippen LogP) is 3.63. The Balaban J connectivity index is 1.63. The molecule has 0 aliphatic carbocycles. The molecule has 0 amide bonds. The van der Waals surface area contributed by atoms with E-state index in [1.165, 1.54) is 10.4 Å². The minimum absolute atomic E-state index is 0.0533.